The highest BCUT2D eigenvalue weighted by atomic mass is 32.2. The molecule has 2 nitrogen and oxygen atoms in total. The number of thioether (sulfide) groups is 1. The van der Waals surface area contributed by atoms with Gasteiger partial charge in [-0.15, -0.1) is 11.8 Å². The van der Waals surface area contributed by atoms with Crippen LogP contribution >= 0.6 is 11.8 Å². The third-order valence-electron chi connectivity index (χ3n) is 2.74. The highest BCUT2D eigenvalue weighted by Gasteiger charge is 2.19. The Kier molecular flexibility index (Phi) is 4.13. The number of benzene rings is 1. The van der Waals surface area contributed by atoms with E-state index in [1.54, 1.807) is 0 Å². The fourth-order valence-corrected chi connectivity index (χ4v) is 3.27. The van der Waals surface area contributed by atoms with Gasteiger partial charge in [-0.25, -0.2) is 0 Å². The lowest BCUT2D eigenvalue weighted by Crippen LogP contribution is -2.33. The smallest absolute Gasteiger partial charge is 0.119 e. The van der Waals surface area contributed by atoms with Crippen LogP contribution in [0.2, 0.25) is 0 Å². The standard InChI is InChI=1S/C13H19NOS/c1-3-15-12-6-4-5-11(9-12)13-14-10(2)7-8-16-13/h4-6,9-10,13-14H,3,7-8H2,1-2H3. The van der Waals surface area contributed by atoms with Crippen molar-refractivity contribution in [2.75, 3.05) is 12.4 Å². The minimum absolute atomic E-state index is 0.421. The highest BCUT2D eigenvalue weighted by Crippen LogP contribution is 2.32. The van der Waals surface area contributed by atoms with Gasteiger partial charge in [-0.05, 0) is 43.7 Å². The molecular weight excluding hydrogens is 218 g/mol. The Labute approximate surface area is 102 Å². The lowest BCUT2D eigenvalue weighted by atomic mass is 10.2. The molecule has 1 aliphatic rings. The molecule has 0 radical (unpaired) electrons. The van der Waals surface area contributed by atoms with E-state index in [0.717, 1.165) is 12.4 Å². The van der Waals surface area contributed by atoms with Crippen molar-refractivity contribution in [3.05, 3.63) is 29.8 Å². The number of hydrogen-bond donors (Lipinski definition) is 1. The van der Waals surface area contributed by atoms with Gasteiger partial charge in [-0.3, -0.25) is 5.32 Å². The maximum atomic E-state index is 5.53. The zero-order valence-corrected chi connectivity index (χ0v) is 10.7. The van der Waals surface area contributed by atoms with Gasteiger partial charge in [-0.1, -0.05) is 12.1 Å². The monoisotopic (exact) mass is 237 g/mol. The van der Waals surface area contributed by atoms with Crippen LogP contribution in [0.3, 0.4) is 0 Å². The molecular formula is C13H19NOS. The van der Waals surface area contributed by atoms with Crippen LogP contribution in [-0.2, 0) is 0 Å². The van der Waals surface area contributed by atoms with Crippen LogP contribution in [-0.4, -0.2) is 18.4 Å². The number of nitrogens with one attached hydrogen (secondary N) is 1. The zero-order valence-electron chi connectivity index (χ0n) is 9.90. The molecule has 1 fully saturated rings. The van der Waals surface area contributed by atoms with Gasteiger partial charge in [0, 0.05) is 6.04 Å². The summed E-state index contributed by atoms with van der Waals surface area (Å²) >= 11 is 1.98. The zero-order chi connectivity index (χ0) is 11.4. The van der Waals surface area contributed by atoms with Crippen molar-refractivity contribution in [1.29, 1.82) is 0 Å². The van der Waals surface area contributed by atoms with Gasteiger partial charge in [0.05, 0.1) is 12.0 Å². The van der Waals surface area contributed by atoms with Crippen LogP contribution in [0.5, 0.6) is 5.75 Å². The second-order valence-corrected chi connectivity index (χ2v) is 5.33. The van der Waals surface area contributed by atoms with Crippen molar-refractivity contribution in [1.82, 2.24) is 5.32 Å². The summed E-state index contributed by atoms with van der Waals surface area (Å²) in [6.07, 6.45) is 1.26. The largest absolute Gasteiger partial charge is 0.494 e. The summed E-state index contributed by atoms with van der Waals surface area (Å²) in [6, 6.07) is 9.02. The maximum absolute atomic E-state index is 5.53. The fraction of sp³-hybridized carbons (Fsp3) is 0.538. The molecule has 1 aromatic rings. The van der Waals surface area contributed by atoms with Gasteiger partial charge in [0.2, 0.25) is 0 Å². The molecule has 1 aromatic carbocycles. The predicted molar refractivity (Wildman–Crippen MR) is 70.0 cm³/mol. The van der Waals surface area contributed by atoms with E-state index >= 15 is 0 Å². The second-order valence-electron chi connectivity index (χ2n) is 4.11. The molecule has 2 atom stereocenters. The van der Waals surface area contributed by atoms with Crippen molar-refractivity contribution in [2.45, 2.75) is 31.7 Å². The Morgan fingerprint density at radius 1 is 1.50 bits per heavy atom. The summed E-state index contributed by atoms with van der Waals surface area (Å²) in [4.78, 5) is 0. The van der Waals surface area contributed by atoms with Gasteiger partial charge < -0.3 is 4.74 Å². The maximum Gasteiger partial charge on any atom is 0.119 e. The molecule has 1 N–H and O–H groups in total. The summed E-state index contributed by atoms with van der Waals surface area (Å²) in [5, 5.41) is 4.03. The van der Waals surface area contributed by atoms with Crippen molar-refractivity contribution >= 4 is 11.8 Å². The van der Waals surface area contributed by atoms with E-state index in [1.807, 2.05) is 24.8 Å². The lowest BCUT2D eigenvalue weighted by Gasteiger charge is -2.28. The van der Waals surface area contributed by atoms with Crippen molar-refractivity contribution in [2.24, 2.45) is 0 Å². The van der Waals surface area contributed by atoms with Gasteiger partial charge in [0.25, 0.3) is 0 Å². The number of hydrogen-bond acceptors (Lipinski definition) is 3. The van der Waals surface area contributed by atoms with E-state index in [9.17, 15) is 0 Å². The minimum atomic E-state index is 0.421. The van der Waals surface area contributed by atoms with Gasteiger partial charge in [-0.2, -0.15) is 0 Å². The molecule has 88 valence electrons. The van der Waals surface area contributed by atoms with E-state index < -0.39 is 0 Å². The number of ether oxygens (including phenoxy) is 1. The molecule has 0 spiro atoms. The molecule has 0 aromatic heterocycles. The molecule has 0 aliphatic carbocycles. The van der Waals surface area contributed by atoms with Crippen LogP contribution in [0, 0.1) is 0 Å². The molecule has 0 bridgehead atoms. The molecule has 16 heavy (non-hydrogen) atoms. The van der Waals surface area contributed by atoms with Crippen LogP contribution in [0.25, 0.3) is 0 Å². The first kappa shape index (κ1) is 11.8. The Morgan fingerprint density at radius 2 is 2.38 bits per heavy atom. The van der Waals surface area contributed by atoms with Gasteiger partial charge in [0.15, 0.2) is 0 Å². The lowest BCUT2D eigenvalue weighted by molar-refractivity contribution is 0.339. The average molecular weight is 237 g/mol. The molecule has 0 saturated carbocycles. The van der Waals surface area contributed by atoms with E-state index in [0.29, 0.717) is 11.4 Å². The third kappa shape index (κ3) is 2.92. The van der Waals surface area contributed by atoms with Gasteiger partial charge >= 0.3 is 0 Å². The molecule has 2 rings (SSSR count). The Bertz CT molecular complexity index is 342. The molecule has 3 heteroatoms. The normalized spacial score (nSPS) is 25.4. The molecule has 1 aliphatic heterocycles. The quantitative estimate of drug-likeness (QED) is 0.872. The molecule has 1 heterocycles. The Morgan fingerprint density at radius 3 is 3.12 bits per heavy atom. The SMILES string of the molecule is CCOc1cccc(C2NC(C)CCS2)c1. The van der Waals surface area contributed by atoms with Gasteiger partial charge in [0.1, 0.15) is 5.75 Å². The third-order valence-corrected chi connectivity index (χ3v) is 3.96. The fourth-order valence-electron chi connectivity index (χ4n) is 1.88. The Balaban J connectivity index is 2.09. The van der Waals surface area contributed by atoms with Crippen LogP contribution in [0.4, 0.5) is 0 Å². The minimum Gasteiger partial charge on any atom is -0.494 e. The van der Waals surface area contributed by atoms with Crippen LogP contribution < -0.4 is 10.1 Å². The molecule has 2 unspecified atom stereocenters. The van der Waals surface area contributed by atoms with E-state index in [2.05, 4.69) is 30.4 Å². The highest BCUT2D eigenvalue weighted by molar-refractivity contribution is 7.99. The number of rotatable bonds is 3. The first-order valence-electron chi connectivity index (χ1n) is 5.90. The Hall–Kier alpha value is -0.670. The predicted octanol–water partition coefficient (Wildman–Crippen LogP) is 3.20. The summed E-state index contributed by atoms with van der Waals surface area (Å²) in [6.45, 7) is 4.99. The van der Waals surface area contributed by atoms with Crippen molar-refractivity contribution in [3.8, 4) is 5.75 Å². The van der Waals surface area contributed by atoms with E-state index in [-0.39, 0.29) is 0 Å². The molecule has 1 saturated heterocycles. The van der Waals surface area contributed by atoms with Crippen molar-refractivity contribution < 1.29 is 4.74 Å². The average Bonchev–Trinajstić information content (AvgIpc) is 2.30. The first-order chi connectivity index (χ1) is 7.79. The van der Waals surface area contributed by atoms with Crippen molar-refractivity contribution in [3.63, 3.8) is 0 Å². The molecule has 0 amide bonds. The topological polar surface area (TPSA) is 21.3 Å². The summed E-state index contributed by atoms with van der Waals surface area (Å²) in [5.41, 5.74) is 1.32. The van der Waals surface area contributed by atoms with Crippen LogP contribution in [0.1, 0.15) is 31.2 Å². The van der Waals surface area contributed by atoms with E-state index in [4.69, 9.17) is 4.74 Å². The van der Waals surface area contributed by atoms with E-state index in [1.165, 1.54) is 17.7 Å². The summed E-state index contributed by atoms with van der Waals surface area (Å²) in [5.74, 6) is 2.21. The first-order valence-corrected chi connectivity index (χ1v) is 6.95. The summed E-state index contributed by atoms with van der Waals surface area (Å²) < 4.78 is 5.53. The van der Waals surface area contributed by atoms with Crippen LogP contribution in [0.15, 0.2) is 24.3 Å². The summed E-state index contributed by atoms with van der Waals surface area (Å²) in [7, 11) is 0. The second kappa shape index (κ2) is 5.60.